The van der Waals surface area contributed by atoms with Gasteiger partial charge in [0.2, 0.25) is 0 Å². The summed E-state index contributed by atoms with van der Waals surface area (Å²) in [6, 6.07) is 4.59. The van der Waals surface area contributed by atoms with E-state index in [1.807, 2.05) is 12.4 Å². The van der Waals surface area contributed by atoms with E-state index in [4.69, 9.17) is 5.73 Å². The van der Waals surface area contributed by atoms with Gasteiger partial charge in [0.1, 0.15) is 0 Å². The monoisotopic (exact) mass is 228 g/mol. The highest BCUT2D eigenvalue weighted by Crippen LogP contribution is 2.70. The van der Waals surface area contributed by atoms with E-state index in [2.05, 4.69) is 17.1 Å². The van der Waals surface area contributed by atoms with E-state index < -0.39 is 0 Å². The van der Waals surface area contributed by atoms with Gasteiger partial charge in [-0.3, -0.25) is 4.98 Å². The van der Waals surface area contributed by atoms with Crippen LogP contribution < -0.4 is 5.73 Å². The lowest BCUT2D eigenvalue weighted by Gasteiger charge is -2.16. The highest BCUT2D eigenvalue weighted by molar-refractivity contribution is 5.19. The fourth-order valence-corrected chi connectivity index (χ4v) is 4.89. The fourth-order valence-electron chi connectivity index (χ4n) is 4.89. The van der Waals surface area contributed by atoms with Gasteiger partial charge >= 0.3 is 0 Å². The highest BCUT2D eigenvalue weighted by atomic mass is 14.8. The van der Waals surface area contributed by atoms with E-state index in [0.29, 0.717) is 6.04 Å². The van der Waals surface area contributed by atoms with E-state index in [9.17, 15) is 0 Å². The summed E-state index contributed by atoms with van der Waals surface area (Å²) in [5.41, 5.74) is 7.78. The molecule has 17 heavy (non-hydrogen) atoms. The number of hydrogen-bond donors (Lipinski definition) is 1. The van der Waals surface area contributed by atoms with Crippen LogP contribution in [0.5, 0.6) is 0 Å². The van der Waals surface area contributed by atoms with Gasteiger partial charge in [-0.2, -0.15) is 0 Å². The lowest BCUT2D eigenvalue weighted by atomic mass is 9.94. The maximum absolute atomic E-state index is 6.43. The van der Waals surface area contributed by atoms with Crippen molar-refractivity contribution in [2.45, 2.75) is 31.7 Å². The summed E-state index contributed by atoms with van der Waals surface area (Å²) >= 11 is 0. The molecule has 3 aliphatic carbocycles. The van der Waals surface area contributed by atoms with Crippen molar-refractivity contribution < 1.29 is 0 Å². The van der Waals surface area contributed by atoms with Crippen LogP contribution in [-0.4, -0.2) is 11.0 Å². The number of nitrogens with zero attached hydrogens (tertiary/aromatic N) is 1. The summed E-state index contributed by atoms with van der Waals surface area (Å²) in [7, 11) is 0. The first-order valence-corrected chi connectivity index (χ1v) is 6.99. The van der Waals surface area contributed by atoms with Gasteiger partial charge < -0.3 is 5.73 Å². The van der Waals surface area contributed by atoms with Gasteiger partial charge in [-0.25, -0.2) is 0 Å². The van der Waals surface area contributed by atoms with Crippen molar-refractivity contribution in [3.8, 4) is 0 Å². The molecule has 2 nitrogen and oxygen atoms in total. The molecule has 2 bridgehead atoms. The van der Waals surface area contributed by atoms with Crippen LogP contribution >= 0.6 is 0 Å². The molecule has 1 aromatic heterocycles. The first kappa shape index (κ1) is 10.1. The predicted molar refractivity (Wildman–Crippen MR) is 67.2 cm³/mol. The molecule has 90 valence electrons. The van der Waals surface area contributed by atoms with Gasteiger partial charge in [-0.05, 0) is 73.0 Å². The number of hydrogen-bond acceptors (Lipinski definition) is 2. The molecule has 0 aliphatic heterocycles. The minimum atomic E-state index is 0.385. The third-order valence-electron chi connectivity index (χ3n) is 5.51. The third-order valence-corrected chi connectivity index (χ3v) is 5.51. The van der Waals surface area contributed by atoms with Crippen LogP contribution in [0, 0.1) is 29.6 Å². The maximum atomic E-state index is 6.43. The Kier molecular flexibility index (Phi) is 2.10. The SMILES string of the molecule is NC(Cc1ccncc1)C1C2C3CCC(C3)C12. The summed E-state index contributed by atoms with van der Waals surface area (Å²) in [6.45, 7) is 0. The minimum absolute atomic E-state index is 0.385. The topological polar surface area (TPSA) is 38.9 Å². The van der Waals surface area contributed by atoms with Crippen LogP contribution in [0.3, 0.4) is 0 Å². The van der Waals surface area contributed by atoms with Gasteiger partial charge in [-0.1, -0.05) is 0 Å². The zero-order valence-corrected chi connectivity index (χ0v) is 10.1. The largest absolute Gasteiger partial charge is 0.327 e. The molecule has 5 atom stereocenters. The lowest BCUT2D eigenvalue weighted by molar-refractivity contribution is 0.409. The Morgan fingerprint density at radius 1 is 1.18 bits per heavy atom. The lowest BCUT2D eigenvalue weighted by Crippen LogP contribution is -2.28. The summed E-state index contributed by atoms with van der Waals surface area (Å²) in [6.07, 6.45) is 9.29. The summed E-state index contributed by atoms with van der Waals surface area (Å²) in [4.78, 5) is 4.06. The fraction of sp³-hybridized carbons (Fsp3) is 0.667. The van der Waals surface area contributed by atoms with E-state index in [1.165, 1.54) is 24.8 Å². The van der Waals surface area contributed by atoms with Crippen LogP contribution in [0.4, 0.5) is 0 Å². The normalized spacial score (nSPS) is 43.5. The Labute approximate surface area is 103 Å². The van der Waals surface area contributed by atoms with Gasteiger partial charge in [-0.15, -0.1) is 0 Å². The Morgan fingerprint density at radius 2 is 1.82 bits per heavy atom. The van der Waals surface area contributed by atoms with Crippen LogP contribution in [0.2, 0.25) is 0 Å². The number of fused-ring (bicyclic) bond motifs is 5. The Bertz CT molecular complexity index is 400. The molecule has 4 rings (SSSR count). The van der Waals surface area contributed by atoms with E-state index in [0.717, 1.165) is 36.0 Å². The van der Waals surface area contributed by atoms with E-state index in [1.54, 1.807) is 0 Å². The molecule has 0 amide bonds. The summed E-state index contributed by atoms with van der Waals surface area (Å²) < 4.78 is 0. The summed E-state index contributed by atoms with van der Waals surface area (Å²) in [5.74, 6) is 4.93. The van der Waals surface area contributed by atoms with Crippen molar-refractivity contribution in [2.24, 2.45) is 35.3 Å². The maximum Gasteiger partial charge on any atom is 0.0270 e. The second-order valence-corrected chi connectivity index (χ2v) is 6.29. The first-order chi connectivity index (χ1) is 8.34. The van der Waals surface area contributed by atoms with Crippen LogP contribution in [0.25, 0.3) is 0 Å². The first-order valence-electron chi connectivity index (χ1n) is 6.99. The summed E-state index contributed by atoms with van der Waals surface area (Å²) in [5, 5.41) is 0. The zero-order chi connectivity index (χ0) is 11.4. The molecule has 0 saturated heterocycles. The quantitative estimate of drug-likeness (QED) is 0.861. The van der Waals surface area contributed by atoms with Gasteiger partial charge in [0.25, 0.3) is 0 Å². The van der Waals surface area contributed by atoms with Crippen molar-refractivity contribution in [3.63, 3.8) is 0 Å². The Balaban J connectivity index is 1.44. The molecular weight excluding hydrogens is 208 g/mol. The van der Waals surface area contributed by atoms with Gasteiger partial charge in [0, 0.05) is 18.4 Å². The smallest absolute Gasteiger partial charge is 0.0270 e. The second-order valence-electron chi connectivity index (χ2n) is 6.29. The molecule has 0 spiro atoms. The van der Waals surface area contributed by atoms with Crippen molar-refractivity contribution in [2.75, 3.05) is 0 Å². The van der Waals surface area contributed by atoms with Crippen LogP contribution in [0.1, 0.15) is 24.8 Å². The molecule has 3 aliphatic rings. The average Bonchev–Trinajstić information content (AvgIpc) is 2.80. The zero-order valence-electron chi connectivity index (χ0n) is 10.1. The minimum Gasteiger partial charge on any atom is -0.327 e. The standard InChI is InChI=1S/C15H20N2/c16-12(7-9-3-5-17-6-4-9)15-13-10-1-2-11(8-10)14(13)15/h3-6,10-15H,1-2,7-8,16H2. The van der Waals surface area contributed by atoms with Crippen LogP contribution in [-0.2, 0) is 6.42 Å². The van der Waals surface area contributed by atoms with Crippen molar-refractivity contribution in [3.05, 3.63) is 30.1 Å². The molecule has 0 radical (unpaired) electrons. The number of aromatic nitrogens is 1. The molecule has 5 unspecified atom stereocenters. The van der Waals surface area contributed by atoms with Crippen molar-refractivity contribution in [1.82, 2.24) is 4.98 Å². The molecule has 3 saturated carbocycles. The highest BCUT2D eigenvalue weighted by Gasteiger charge is 2.65. The Hall–Kier alpha value is -0.890. The van der Waals surface area contributed by atoms with Gasteiger partial charge in [0.05, 0.1) is 0 Å². The molecule has 0 aromatic carbocycles. The molecule has 2 heteroatoms. The average molecular weight is 228 g/mol. The second kappa shape index (κ2) is 3.55. The van der Waals surface area contributed by atoms with E-state index in [-0.39, 0.29) is 0 Å². The van der Waals surface area contributed by atoms with Crippen LogP contribution in [0.15, 0.2) is 24.5 Å². The number of nitrogens with two attached hydrogens (primary N) is 1. The van der Waals surface area contributed by atoms with Crippen molar-refractivity contribution >= 4 is 0 Å². The van der Waals surface area contributed by atoms with E-state index >= 15 is 0 Å². The molecule has 1 heterocycles. The third kappa shape index (κ3) is 1.46. The molecule has 1 aromatic rings. The van der Waals surface area contributed by atoms with Gasteiger partial charge in [0.15, 0.2) is 0 Å². The molecule has 3 fully saturated rings. The van der Waals surface area contributed by atoms with Crippen molar-refractivity contribution in [1.29, 1.82) is 0 Å². The molecular formula is C15H20N2. The predicted octanol–water partition coefficient (Wildman–Crippen LogP) is 2.24. The molecule has 2 N–H and O–H groups in total. The number of rotatable bonds is 3. The number of pyridine rings is 1. The Morgan fingerprint density at radius 3 is 2.47 bits per heavy atom.